The van der Waals surface area contributed by atoms with Crippen molar-refractivity contribution in [1.29, 1.82) is 0 Å². The first kappa shape index (κ1) is 12.2. The first-order chi connectivity index (χ1) is 7.27. The van der Waals surface area contributed by atoms with Crippen molar-refractivity contribution < 1.29 is 31.4 Å². The van der Waals surface area contributed by atoms with E-state index in [1.165, 1.54) is 13.8 Å². The van der Waals surface area contributed by atoms with E-state index in [0.717, 1.165) is 0 Å². The van der Waals surface area contributed by atoms with Crippen LogP contribution in [0.2, 0.25) is 0 Å². The van der Waals surface area contributed by atoms with Crippen LogP contribution in [-0.2, 0) is 28.2 Å². The van der Waals surface area contributed by atoms with Crippen molar-refractivity contribution in [3.63, 3.8) is 0 Å². The standard InChI is InChI=1S/C8H14O7S/c1-8(2,9)14-6-3-12-5-4-13-16(10,11)15-7(5)6/h5-7,9H,3-4H2,1-2H3/t5-,6+,7+/m1/s1. The maximum absolute atomic E-state index is 11.1. The van der Waals surface area contributed by atoms with Gasteiger partial charge in [-0.25, -0.2) is 8.37 Å². The van der Waals surface area contributed by atoms with Crippen LogP contribution in [0.5, 0.6) is 0 Å². The van der Waals surface area contributed by atoms with E-state index in [1.807, 2.05) is 0 Å². The van der Waals surface area contributed by atoms with Crippen molar-refractivity contribution in [3.8, 4) is 0 Å². The molecule has 2 saturated heterocycles. The van der Waals surface area contributed by atoms with Gasteiger partial charge in [-0.05, 0) is 13.8 Å². The Morgan fingerprint density at radius 1 is 1.38 bits per heavy atom. The first-order valence-corrected chi connectivity index (χ1v) is 6.20. The molecule has 0 spiro atoms. The fourth-order valence-corrected chi connectivity index (χ4v) is 2.58. The van der Waals surface area contributed by atoms with Crippen LogP contribution in [0.25, 0.3) is 0 Å². The lowest BCUT2D eigenvalue weighted by Crippen LogP contribution is -2.46. The fraction of sp³-hybridized carbons (Fsp3) is 1.00. The van der Waals surface area contributed by atoms with Crippen molar-refractivity contribution in [2.45, 2.75) is 37.9 Å². The van der Waals surface area contributed by atoms with Gasteiger partial charge in [-0.15, -0.1) is 0 Å². The quantitative estimate of drug-likeness (QED) is 0.642. The fourth-order valence-electron chi connectivity index (χ4n) is 1.70. The summed E-state index contributed by atoms with van der Waals surface area (Å²) >= 11 is 0. The van der Waals surface area contributed by atoms with Crippen LogP contribution in [0.3, 0.4) is 0 Å². The molecule has 0 aromatic rings. The second-order valence-electron chi connectivity index (χ2n) is 4.23. The van der Waals surface area contributed by atoms with E-state index >= 15 is 0 Å². The van der Waals surface area contributed by atoms with Gasteiger partial charge in [0.05, 0.1) is 13.2 Å². The van der Waals surface area contributed by atoms with E-state index in [2.05, 4.69) is 4.18 Å². The molecule has 0 aromatic heterocycles. The van der Waals surface area contributed by atoms with Gasteiger partial charge < -0.3 is 14.6 Å². The third kappa shape index (κ3) is 2.70. The van der Waals surface area contributed by atoms with Crippen molar-refractivity contribution in [3.05, 3.63) is 0 Å². The minimum atomic E-state index is -3.97. The largest absolute Gasteiger partial charge is 0.400 e. The van der Waals surface area contributed by atoms with Gasteiger partial charge in [-0.2, -0.15) is 8.42 Å². The molecule has 0 bridgehead atoms. The summed E-state index contributed by atoms with van der Waals surface area (Å²) in [6, 6.07) is 0. The topological polar surface area (TPSA) is 91.3 Å². The Morgan fingerprint density at radius 3 is 2.69 bits per heavy atom. The Bertz CT molecular complexity index is 357. The Balaban J connectivity index is 2.07. The Hall–Kier alpha value is -0.250. The molecule has 0 aliphatic carbocycles. The lowest BCUT2D eigenvalue weighted by atomic mass is 10.1. The number of fused-ring (bicyclic) bond motifs is 1. The SMILES string of the molecule is CC(C)(O)O[C@H]1CO[C@@H]2COS(=O)(=O)O[C@H]12. The van der Waals surface area contributed by atoms with E-state index in [1.54, 1.807) is 0 Å². The minimum absolute atomic E-state index is 0.0846. The van der Waals surface area contributed by atoms with Crippen LogP contribution < -0.4 is 0 Å². The van der Waals surface area contributed by atoms with Crippen LogP contribution >= 0.6 is 0 Å². The third-order valence-electron chi connectivity index (χ3n) is 2.25. The third-order valence-corrected chi connectivity index (χ3v) is 3.14. The molecule has 0 unspecified atom stereocenters. The van der Waals surface area contributed by atoms with E-state index in [0.29, 0.717) is 0 Å². The average molecular weight is 254 g/mol. The zero-order valence-corrected chi connectivity index (χ0v) is 9.77. The Morgan fingerprint density at radius 2 is 2.06 bits per heavy atom. The van der Waals surface area contributed by atoms with Crippen molar-refractivity contribution in [2.24, 2.45) is 0 Å². The van der Waals surface area contributed by atoms with Gasteiger partial charge in [0, 0.05) is 0 Å². The second kappa shape index (κ2) is 3.90. The molecule has 94 valence electrons. The summed E-state index contributed by atoms with van der Waals surface area (Å²) < 4.78 is 41.9. The molecule has 1 N–H and O–H groups in total. The van der Waals surface area contributed by atoms with E-state index in [-0.39, 0.29) is 13.2 Å². The molecular weight excluding hydrogens is 240 g/mol. The summed E-state index contributed by atoms with van der Waals surface area (Å²) in [5.74, 6) is -1.37. The Kier molecular flexibility index (Phi) is 2.97. The van der Waals surface area contributed by atoms with E-state index in [9.17, 15) is 13.5 Å². The molecule has 8 heteroatoms. The number of hydrogen-bond donors (Lipinski definition) is 1. The highest BCUT2D eigenvalue weighted by Crippen LogP contribution is 2.29. The molecule has 0 saturated carbocycles. The van der Waals surface area contributed by atoms with E-state index in [4.69, 9.17) is 13.7 Å². The van der Waals surface area contributed by atoms with Crippen LogP contribution in [0, 0.1) is 0 Å². The van der Waals surface area contributed by atoms with Crippen molar-refractivity contribution in [2.75, 3.05) is 13.2 Å². The highest BCUT2D eigenvalue weighted by atomic mass is 32.3. The molecule has 2 aliphatic rings. The zero-order chi connectivity index (χ0) is 12.0. The summed E-state index contributed by atoms with van der Waals surface area (Å²) in [6.07, 6.45) is -1.86. The number of ether oxygens (including phenoxy) is 2. The molecule has 0 amide bonds. The second-order valence-corrected chi connectivity index (χ2v) is 5.47. The van der Waals surface area contributed by atoms with Gasteiger partial charge in [-0.1, -0.05) is 0 Å². The minimum Gasteiger partial charge on any atom is -0.370 e. The summed E-state index contributed by atoms with van der Waals surface area (Å²) in [4.78, 5) is 0. The van der Waals surface area contributed by atoms with Gasteiger partial charge in [0.15, 0.2) is 5.79 Å². The molecule has 7 nitrogen and oxygen atoms in total. The Labute approximate surface area is 93.6 Å². The molecule has 2 fully saturated rings. The molecule has 2 heterocycles. The van der Waals surface area contributed by atoms with Gasteiger partial charge in [0.2, 0.25) is 0 Å². The summed E-state index contributed by atoms with van der Waals surface area (Å²) in [7, 11) is -3.97. The normalized spacial score (nSPS) is 38.3. The summed E-state index contributed by atoms with van der Waals surface area (Å²) in [6.45, 7) is 2.99. The molecule has 2 rings (SSSR count). The molecule has 2 aliphatic heterocycles. The van der Waals surface area contributed by atoms with Crippen LogP contribution in [0.4, 0.5) is 0 Å². The lowest BCUT2D eigenvalue weighted by molar-refractivity contribution is -0.217. The summed E-state index contributed by atoms with van der Waals surface area (Å²) in [5, 5.41) is 9.48. The maximum Gasteiger partial charge on any atom is 0.400 e. The van der Waals surface area contributed by atoms with Crippen molar-refractivity contribution >= 4 is 10.4 Å². The molecular formula is C8H14O7S. The molecule has 0 radical (unpaired) electrons. The predicted octanol–water partition coefficient (Wildman–Crippen LogP) is -0.841. The zero-order valence-electron chi connectivity index (χ0n) is 8.95. The van der Waals surface area contributed by atoms with Crippen LogP contribution in [0.1, 0.15) is 13.8 Å². The highest BCUT2D eigenvalue weighted by Gasteiger charge is 2.47. The number of hydrogen-bond acceptors (Lipinski definition) is 7. The molecule has 16 heavy (non-hydrogen) atoms. The predicted molar refractivity (Wildman–Crippen MR) is 50.7 cm³/mol. The van der Waals surface area contributed by atoms with Crippen molar-refractivity contribution in [1.82, 2.24) is 0 Å². The molecule has 0 aromatic carbocycles. The highest BCUT2D eigenvalue weighted by molar-refractivity contribution is 7.81. The number of rotatable bonds is 2. The monoisotopic (exact) mass is 254 g/mol. The van der Waals surface area contributed by atoms with E-state index < -0.39 is 34.5 Å². The van der Waals surface area contributed by atoms with Gasteiger partial charge >= 0.3 is 10.4 Å². The van der Waals surface area contributed by atoms with Gasteiger partial charge in [-0.3, -0.25) is 0 Å². The van der Waals surface area contributed by atoms with Gasteiger partial charge in [0.25, 0.3) is 0 Å². The van der Waals surface area contributed by atoms with Gasteiger partial charge in [0.1, 0.15) is 18.3 Å². The first-order valence-electron chi connectivity index (χ1n) is 4.86. The average Bonchev–Trinajstić information content (AvgIpc) is 2.44. The van der Waals surface area contributed by atoms with Crippen LogP contribution in [0.15, 0.2) is 0 Å². The number of aliphatic hydroxyl groups is 1. The lowest BCUT2D eigenvalue weighted by Gasteiger charge is -2.29. The smallest absolute Gasteiger partial charge is 0.370 e. The van der Waals surface area contributed by atoms with Crippen LogP contribution in [-0.4, -0.2) is 50.8 Å². The molecule has 3 atom stereocenters. The maximum atomic E-state index is 11.1. The summed E-state index contributed by atoms with van der Waals surface area (Å²) in [5.41, 5.74) is 0.